The van der Waals surface area contributed by atoms with Crippen molar-refractivity contribution in [2.75, 3.05) is 0 Å². The lowest BCUT2D eigenvalue weighted by atomic mass is 9.88. The minimum atomic E-state index is 0.208. The predicted molar refractivity (Wildman–Crippen MR) is 235 cm³/mol. The van der Waals surface area contributed by atoms with Crippen molar-refractivity contribution >= 4 is 21.8 Å². The molecule has 56 heavy (non-hydrogen) atoms. The minimum Gasteiger partial charge on any atom is -0.309 e. The summed E-state index contributed by atoms with van der Waals surface area (Å²) in [7, 11) is 0. The molecule has 0 saturated heterocycles. The summed E-state index contributed by atoms with van der Waals surface area (Å²) in [5, 5.41) is 2.52. The third kappa shape index (κ3) is 5.40. The van der Waals surface area contributed by atoms with Gasteiger partial charge in [0.15, 0.2) is 0 Å². The third-order valence-corrected chi connectivity index (χ3v) is 11.7. The van der Waals surface area contributed by atoms with Crippen molar-refractivity contribution in [3.63, 3.8) is 0 Å². The number of fused-ring (bicyclic) bond motifs is 6. The number of hydrogen-bond donors (Lipinski definition) is 0. The van der Waals surface area contributed by atoms with Gasteiger partial charge in [-0.05, 0) is 115 Å². The predicted octanol–water partition coefficient (Wildman–Crippen LogP) is 14.6. The first kappa shape index (κ1) is 32.2. The van der Waals surface area contributed by atoms with Crippen LogP contribution in [0.4, 0.5) is 0 Å². The van der Waals surface area contributed by atoms with Crippen LogP contribution in [0, 0.1) is 0 Å². The van der Waals surface area contributed by atoms with Crippen molar-refractivity contribution in [1.82, 2.24) is 4.57 Å². The zero-order valence-electron chi connectivity index (χ0n) is 30.8. The topological polar surface area (TPSA) is 4.93 Å². The van der Waals surface area contributed by atoms with Crippen LogP contribution in [0.3, 0.4) is 0 Å². The summed E-state index contributed by atoms with van der Waals surface area (Å²) in [6.07, 6.45) is 0. The largest absolute Gasteiger partial charge is 0.309 e. The van der Waals surface area contributed by atoms with Crippen molar-refractivity contribution in [2.45, 2.75) is 5.92 Å². The molecule has 11 rings (SSSR count). The molecule has 9 aromatic carbocycles. The highest BCUT2D eigenvalue weighted by Crippen LogP contribution is 2.49. The molecule has 0 fully saturated rings. The van der Waals surface area contributed by atoms with E-state index in [-0.39, 0.29) is 5.92 Å². The third-order valence-electron chi connectivity index (χ3n) is 11.7. The van der Waals surface area contributed by atoms with E-state index in [1.54, 1.807) is 0 Å². The van der Waals surface area contributed by atoms with Crippen LogP contribution < -0.4 is 0 Å². The fourth-order valence-electron chi connectivity index (χ4n) is 8.98. The highest BCUT2D eigenvalue weighted by molar-refractivity contribution is 6.10. The molecule has 1 nitrogen and oxygen atoms in total. The molecule has 10 aromatic rings. The lowest BCUT2D eigenvalue weighted by Gasteiger charge is -2.15. The number of aromatic nitrogens is 1. The van der Waals surface area contributed by atoms with Crippen molar-refractivity contribution in [1.29, 1.82) is 0 Å². The molecule has 1 aliphatic carbocycles. The van der Waals surface area contributed by atoms with Crippen LogP contribution >= 0.6 is 0 Å². The van der Waals surface area contributed by atoms with E-state index in [9.17, 15) is 0 Å². The van der Waals surface area contributed by atoms with E-state index in [0.29, 0.717) is 0 Å². The first-order chi connectivity index (χ1) is 27.8. The lowest BCUT2D eigenvalue weighted by molar-refractivity contribution is 1.02. The molecule has 1 heteroatoms. The van der Waals surface area contributed by atoms with Crippen LogP contribution in [0.1, 0.15) is 22.6 Å². The van der Waals surface area contributed by atoms with Crippen molar-refractivity contribution in [2.24, 2.45) is 0 Å². The van der Waals surface area contributed by atoms with Crippen LogP contribution in [0.2, 0.25) is 0 Å². The zero-order valence-corrected chi connectivity index (χ0v) is 30.8. The van der Waals surface area contributed by atoms with E-state index in [1.165, 1.54) is 94.1 Å². The molecular formula is C55H37N. The van der Waals surface area contributed by atoms with Gasteiger partial charge in [-0.3, -0.25) is 0 Å². The molecule has 0 saturated carbocycles. The fourth-order valence-corrected chi connectivity index (χ4v) is 8.98. The second-order valence-corrected chi connectivity index (χ2v) is 14.9. The Bertz CT molecular complexity index is 3040. The number of hydrogen-bond acceptors (Lipinski definition) is 0. The normalized spacial score (nSPS) is 13.2. The molecule has 0 spiro atoms. The van der Waals surface area contributed by atoms with E-state index < -0.39 is 0 Å². The van der Waals surface area contributed by atoms with E-state index >= 15 is 0 Å². The van der Waals surface area contributed by atoms with E-state index in [4.69, 9.17) is 0 Å². The SMILES string of the molecule is c1ccc(-c2ccc(C3c4ccccc4-c4cc(-c5ccc6c(c5)c5ccccc5n6-c5ccc(-c6cccc(-c7ccccc7)c6)cc5)ccc43)cc2)cc1. The Labute approximate surface area is 327 Å². The molecule has 0 N–H and O–H groups in total. The molecule has 0 amide bonds. The van der Waals surface area contributed by atoms with Gasteiger partial charge in [-0.2, -0.15) is 0 Å². The van der Waals surface area contributed by atoms with Crippen LogP contribution in [0.5, 0.6) is 0 Å². The molecule has 1 heterocycles. The van der Waals surface area contributed by atoms with Gasteiger partial charge in [0.2, 0.25) is 0 Å². The Morgan fingerprint density at radius 3 is 1.55 bits per heavy atom. The smallest absolute Gasteiger partial charge is 0.0541 e. The summed E-state index contributed by atoms with van der Waals surface area (Å²) in [6, 6.07) is 80.1. The number of benzene rings is 9. The summed E-state index contributed by atoms with van der Waals surface area (Å²) < 4.78 is 2.41. The number of rotatable bonds is 6. The fraction of sp³-hybridized carbons (Fsp3) is 0.0182. The maximum absolute atomic E-state index is 2.42. The minimum absolute atomic E-state index is 0.208. The van der Waals surface area contributed by atoms with Crippen LogP contribution in [0.25, 0.3) is 83.1 Å². The average Bonchev–Trinajstić information content (AvgIpc) is 3.79. The molecule has 1 aromatic heterocycles. The van der Waals surface area contributed by atoms with Crippen LogP contribution in [-0.4, -0.2) is 4.57 Å². The van der Waals surface area contributed by atoms with E-state index in [0.717, 1.165) is 5.69 Å². The van der Waals surface area contributed by atoms with Gasteiger partial charge >= 0.3 is 0 Å². The summed E-state index contributed by atoms with van der Waals surface area (Å²) in [6.45, 7) is 0. The first-order valence-corrected chi connectivity index (χ1v) is 19.5. The second-order valence-electron chi connectivity index (χ2n) is 14.9. The lowest BCUT2D eigenvalue weighted by Crippen LogP contribution is -1.99. The van der Waals surface area contributed by atoms with Gasteiger partial charge in [0.25, 0.3) is 0 Å². The van der Waals surface area contributed by atoms with Gasteiger partial charge in [0, 0.05) is 22.4 Å². The van der Waals surface area contributed by atoms with Gasteiger partial charge in [0.05, 0.1) is 11.0 Å². The summed E-state index contributed by atoms with van der Waals surface area (Å²) in [5.41, 5.74) is 20.1. The van der Waals surface area contributed by atoms with Crippen molar-refractivity contribution < 1.29 is 0 Å². The Hall–Kier alpha value is -7.22. The Morgan fingerprint density at radius 1 is 0.286 bits per heavy atom. The van der Waals surface area contributed by atoms with E-state index in [1.807, 2.05) is 0 Å². The maximum atomic E-state index is 2.42. The zero-order chi connectivity index (χ0) is 37.0. The highest BCUT2D eigenvalue weighted by atomic mass is 15.0. The van der Waals surface area contributed by atoms with Gasteiger partial charge < -0.3 is 4.57 Å². The molecule has 0 aliphatic heterocycles. The quantitative estimate of drug-likeness (QED) is 0.162. The van der Waals surface area contributed by atoms with Crippen LogP contribution in [0.15, 0.2) is 218 Å². The first-order valence-electron chi connectivity index (χ1n) is 19.5. The molecule has 1 aliphatic rings. The van der Waals surface area contributed by atoms with Crippen molar-refractivity contribution in [3.8, 4) is 61.3 Å². The summed E-state index contributed by atoms with van der Waals surface area (Å²) >= 11 is 0. The monoisotopic (exact) mass is 711 g/mol. The van der Waals surface area contributed by atoms with Gasteiger partial charge in [-0.25, -0.2) is 0 Å². The van der Waals surface area contributed by atoms with E-state index in [2.05, 4.69) is 223 Å². The average molecular weight is 712 g/mol. The summed E-state index contributed by atoms with van der Waals surface area (Å²) in [4.78, 5) is 0. The Balaban J connectivity index is 0.955. The highest BCUT2D eigenvalue weighted by Gasteiger charge is 2.30. The molecular weight excluding hydrogens is 675 g/mol. The molecule has 0 radical (unpaired) electrons. The Morgan fingerprint density at radius 2 is 0.786 bits per heavy atom. The molecule has 0 bridgehead atoms. The molecule has 1 unspecified atom stereocenters. The number of nitrogens with zero attached hydrogens (tertiary/aromatic N) is 1. The second kappa shape index (κ2) is 13.3. The number of para-hydroxylation sites is 1. The maximum Gasteiger partial charge on any atom is 0.0541 e. The molecule has 262 valence electrons. The van der Waals surface area contributed by atoms with Gasteiger partial charge in [0.1, 0.15) is 0 Å². The summed E-state index contributed by atoms with van der Waals surface area (Å²) in [5.74, 6) is 0.208. The molecule has 1 atom stereocenters. The van der Waals surface area contributed by atoms with Crippen LogP contribution in [-0.2, 0) is 0 Å². The Kier molecular flexibility index (Phi) is 7.64. The van der Waals surface area contributed by atoms with Gasteiger partial charge in [-0.1, -0.05) is 176 Å². The van der Waals surface area contributed by atoms with Crippen molar-refractivity contribution in [3.05, 3.63) is 235 Å². The van der Waals surface area contributed by atoms with Gasteiger partial charge in [-0.15, -0.1) is 0 Å². The standard InChI is InChI=1S/C55H37N/c1-3-12-37(13-4-1)39-22-24-41(25-23-39)55-49-20-8-7-18-47(49)51-35-44(28-32-50(51)55)45-29-33-54-52(36-45)48-19-9-10-21-53(48)56(54)46-30-26-40(27-31-46)43-17-11-16-42(34-43)38-14-5-2-6-15-38/h1-36,55H.